The number of morpholine rings is 1. The Kier molecular flexibility index (Phi) is 3.64. The molecule has 0 bridgehead atoms. The van der Waals surface area contributed by atoms with Gasteiger partial charge in [-0.05, 0) is 30.3 Å². The molecule has 0 unspecified atom stereocenters. The lowest BCUT2D eigenvalue weighted by atomic mass is 10.2. The van der Waals surface area contributed by atoms with Crippen LogP contribution in [0.15, 0.2) is 36.5 Å². The quantitative estimate of drug-likeness (QED) is 0.883. The van der Waals surface area contributed by atoms with Crippen molar-refractivity contribution in [3.8, 4) is 0 Å². The van der Waals surface area contributed by atoms with Gasteiger partial charge in [-0.15, -0.1) is 0 Å². The van der Waals surface area contributed by atoms with Gasteiger partial charge in [-0.3, -0.25) is 0 Å². The van der Waals surface area contributed by atoms with Crippen LogP contribution in [0.4, 0.5) is 23.1 Å². The van der Waals surface area contributed by atoms with Crippen molar-refractivity contribution >= 4 is 23.1 Å². The monoisotopic (exact) mass is 271 g/mol. The minimum Gasteiger partial charge on any atom is -0.378 e. The minimum atomic E-state index is 0.264. The third kappa shape index (κ3) is 2.97. The first kappa shape index (κ1) is 12.7. The fraction of sp³-hybridized carbons (Fsp3) is 0.286. The van der Waals surface area contributed by atoms with Crippen molar-refractivity contribution in [1.82, 2.24) is 9.97 Å². The van der Waals surface area contributed by atoms with E-state index in [2.05, 4.69) is 32.3 Å². The molecule has 1 aromatic heterocycles. The lowest BCUT2D eigenvalue weighted by Gasteiger charge is -2.28. The van der Waals surface area contributed by atoms with Gasteiger partial charge in [-0.2, -0.15) is 4.98 Å². The Labute approximate surface area is 117 Å². The largest absolute Gasteiger partial charge is 0.378 e. The van der Waals surface area contributed by atoms with Crippen LogP contribution < -0.4 is 16.0 Å². The van der Waals surface area contributed by atoms with E-state index < -0.39 is 0 Å². The van der Waals surface area contributed by atoms with Gasteiger partial charge in [0.15, 0.2) is 0 Å². The summed E-state index contributed by atoms with van der Waals surface area (Å²) in [6.45, 7) is 3.46. The smallest absolute Gasteiger partial charge is 0.221 e. The van der Waals surface area contributed by atoms with Crippen LogP contribution in [-0.4, -0.2) is 36.3 Å². The predicted molar refractivity (Wildman–Crippen MR) is 79.2 cm³/mol. The van der Waals surface area contributed by atoms with Crippen LogP contribution in [0, 0.1) is 0 Å². The minimum absolute atomic E-state index is 0.264. The van der Waals surface area contributed by atoms with Gasteiger partial charge in [0.25, 0.3) is 0 Å². The number of nitrogens with two attached hydrogens (primary N) is 1. The fourth-order valence-electron chi connectivity index (χ4n) is 2.17. The van der Waals surface area contributed by atoms with E-state index in [9.17, 15) is 0 Å². The zero-order valence-electron chi connectivity index (χ0n) is 11.1. The maximum absolute atomic E-state index is 5.55. The molecule has 1 fully saturated rings. The van der Waals surface area contributed by atoms with Crippen molar-refractivity contribution in [2.24, 2.45) is 0 Å². The Morgan fingerprint density at radius 2 is 1.85 bits per heavy atom. The van der Waals surface area contributed by atoms with E-state index in [4.69, 9.17) is 10.5 Å². The van der Waals surface area contributed by atoms with Crippen molar-refractivity contribution < 1.29 is 4.74 Å². The second-order valence-corrected chi connectivity index (χ2v) is 4.57. The number of benzene rings is 1. The van der Waals surface area contributed by atoms with Gasteiger partial charge >= 0.3 is 0 Å². The number of rotatable bonds is 3. The Bertz CT molecular complexity index is 566. The van der Waals surface area contributed by atoms with Crippen LogP contribution in [0.5, 0.6) is 0 Å². The lowest BCUT2D eigenvalue weighted by Crippen LogP contribution is -2.36. The summed E-state index contributed by atoms with van der Waals surface area (Å²) in [5.41, 5.74) is 7.73. The van der Waals surface area contributed by atoms with Crippen molar-refractivity contribution in [3.63, 3.8) is 0 Å². The topological polar surface area (TPSA) is 76.3 Å². The van der Waals surface area contributed by atoms with E-state index >= 15 is 0 Å². The van der Waals surface area contributed by atoms with Crippen molar-refractivity contribution in [2.75, 3.05) is 42.3 Å². The molecule has 2 aromatic rings. The van der Waals surface area contributed by atoms with Gasteiger partial charge in [-0.1, -0.05) is 0 Å². The van der Waals surface area contributed by atoms with Crippen LogP contribution in [-0.2, 0) is 4.74 Å². The van der Waals surface area contributed by atoms with E-state index in [1.165, 1.54) is 5.69 Å². The summed E-state index contributed by atoms with van der Waals surface area (Å²) in [7, 11) is 0. The summed E-state index contributed by atoms with van der Waals surface area (Å²) in [5.74, 6) is 0.955. The average molecular weight is 271 g/mol. The number of nitrogens with zero attached hydrogens (tertiary/aromatic N) is 3. The molecule has 104 valence electrons. The summed E-state index contributed by atoms with van der Waals surface area (Å²) in [6.07, 6.45) is 1.63. The van der Waals surface area contributed by atoms with Crippen LogP contribution >= 0.6 is 0 Å². The van der Waals surface area contributed by atoms with E-state index in [-0.39, 0.29) is 5.95 Å². The third-order valence-electron chi connectivity index (χ3n) is 3.19. The first-order valence-electron chi connectivity index (χ1n) is 6.59. The maximum Gasteiger partial charge on any atom is 0.221 e. The Morgan fingerprint density at radius 1 is 1.10 bits per heavy atom. The Balaban J connectivity index is 1.69. The highest BCUT2D eigenvalue weighted by molar-refractivity contribution is 5.61. The second-order valence-electron chi connectivity index (χ2n) is 4.57. The van der Waals surface area contributed by atoms with Crippen LogP contribution in [0.3, 0.4) is 0 Å². The molecule has 0 spiro atoms. The van der Waals surface area contributed by atoms with Gasteiger partial charge < -0.3 is 20.7 Å². The molecule has 0 radical (unpaired) electrons. The third-order valence-corrected chi connectivity index (χ3v) is 3.19. The molecule has 3 rings (SSSR count). The van der Waals surface area contributed by atoms with E-state index in [0.717, 1.165) is 32.0 Å². The van der Waals surface area contributed by atoms with Crippen LogP contribution in [0.2, 0.25) is 0 Å². The second kappa shape index (κ2) is 5.75. The molecule has 20 heavy (non-hydrogen) atoms. The zero-order valence-corrected chi connectivity index (χ0v) is 11.1. The van der Waals surface area contributed by atoms with Gasteiger partial charge in [0.2, 0.25) is 5.95 Å². The highest BCUT2D eigenvalue weighted by atomic mass is 16.5. The number of aromatic nitrogens is 2. The first-order chi connectivity index (χ1) is 9.81. The fourth-order valence-corrected chi connectivity index (χ4v) is 2.17. The van der Waals surface area contributed by atoms with Crippen molar-refractivity contribution in [3.05, 3.63) is 36.5 Å². The predicted octanol–water partition coefficient (Wildman–Crippen LogP) is 1.64. The van der Waals surface area contributed by atoms with Crippen LogP contribution in [0.25, 0.3) is 0 Å². The van der Waals surface area contributed by atoms with E-state index in [0.29, 0.717) is 5.82 Å². The molecule has 1 aliphatic rings. The summed E-state index contributed by atoms with van der Waals surface area (Å²) >= 11 is 0. The van der Waals surface area contributed by atoms with Gasteiger partial charge in [-0.25, -0.2) is 4.98 Å². The molecule has 3 N–H and O–H groups in total. The molecule has 0 amide bonds. The zero-order chi connectivity index (χ0) is 13.8. The normalized spacial score (nSPS) is 15.1. The van der Waals surface area contributed by atoms with Crippen molar-refractivity contribution in [1.29, 1.82) is 0 Å². The molecule has 0 atom stereocenters. The number of nitrogens with one attached hydrogen (secondary N) is 1. The Morgan fingerprint density at radius 3 is 2.55 bits per heavy atom. The molecule has 6 heteroatoms. The standard InChI is InChI=1S/C14H17N5O/c15-14-16-6-5-13(18-14)17-11-1-3-12(4-2-11)19-7-9-20-10-8-19/h1-6H,7-10H2,(H3,15,16,17,18). The molecule has 1 aromatic carbocycles. The molecule has 1 aliphatic heterocycles. The molecule has 6 nitrogen and oxygen atoms in total. The van der Waals surface area contributed by atoms with Gasteiger partial charge in [0.1, 0.15) is 5.82 Å². The maximum atomic E-state index is 5.55. The molecule has 0 saturated carbocycles. The van der Waals surface area contributed by atoms with Gasteiger partial charge in [0.05, 0.1) is 13.2 Å². The number of nitrogen functional groups attached to an aromatic ring is 1. The Hall–Kier alpha value is -2.34. The number of hydrogen-bond donors (Lipinski definition) is 2. The summed E-state index contributed by atoms with van der Waals surface area (Å²) in [6, 6.07) is 10.0. The lowest BCUT2D eigenvalue weighted by molar-refractivity contribution is 0.122. The van der Waals surface area contributed by atoms with Gasteiger partial charge in [0, 0.05) is 30.7 Å². The molecule has 0 aliphatic carbocycles. The van der Waals surface area contributed by atoms with E-state index in [1.807, 2.05) is 12.1 Å². The molecule has 2 heterocycles. The van der Waals surface area contributed by atoms with Crippen LogP contribution in [0.1, 0.15) is 0 Å². The van der Waals surface area contributed by atoms with Crippen molar-refractivity contribution in [2.45, 2.75) is 0 Å². The molecular weight excluding hydrogens is 254 g/mol. The highest BCUT2D eigenvalue weighted by Crippen LogP contribution is 2.21. The SMILES string of the molecule is Nc1nccc(Nc2ccc(N3CCOCC3)cc2)n1. The summed E-state index contributed by atoms with van der Waals surface area (Å²) in [4.78, 5) is 10.3. The molecule has 1 saturated heterocycles. The number of hydrogen-bond acceptors (Lipinski definition) is 6. The highest BCUT2D eigenvalue weighted by Gasteiger charge is 2.10. The summed E-state index contributed by atoms with van der Waals surface area (Å²) < 4.78 is 5.36. The number of ether oxygens (including phenoxy) is 1. The van der Waals surface area contributed by atoms with E-state index in [1.54, 1.807) is 12.3 Å². The summed E-state index contributed by atoms with van der Waals surface area (Å²) in [5, 5.41) is 3.20. The number of anilines is 4. The first-order valence-corrected chi connectivity index (χ1v) is 6.59. The average Bonchev–Trinajstić information content (AvgIpc) is 2.49. The molecular formula is C14H17N5O.